The van der Waals surface area contributed by atoms with Gasteiger partial charge in [-0.2, -0.15) is 0 Å². The molecule has 0 spiro atoms. The maximum Gasteiger partial charge on any atom is 0.227 e. The Kier molecular flexibility index (Phi) is 3.33. The molecule has 1 aromatic carbocycles. The molecule has 0 saturated carbocycles. The fraction of sp³-hybridized carbons (Fsp3) is 0.533. The average molecular weight is 245 g/mol. The molecular weight excluding hydrogens is 226 g/mol. The van der Waals surface area contributed by atoms with Crippen molar-refractivity contribution in [2.75, 3.05) is 24.7 Å². The molecule has 0 aliphatic carbocycles. The zero-order chi connectivity index (χ0) is 12.4. The van der Waals surface area contributed by atoms with Gasteiger partial charge in [-0.3, -0.25) is 4.79 Å². The number of hydrogen-bond donors (Lipinski definition) is 0. The molecule has 2 aliphatic rings. The lowest BCUT2D eigenvalue weighted by Gasteiger charge is -2.23. The summed E-state index contributed by atoms with van der Waals surface area (Å²) in [7, 11) is 0. The lowest BCUT2D eigenvalue weighted by molar-refractivity contribution is -0.117. The van der Waals surface area contributed by atoms with Crippen LogP contribution < -0.4 is 4.90 Å². The van der Waals surface area contributed by atoms with Gasteiger partial charge in [-0.15, -0.1) is 0 Å². The molecule has 3 nitrogen and oxygen atoms in total. The van der Waals surface area contributed by atoms with E-state index < -0.39 is 0 Å². The zero-order valence-electron chi connectivity index (χ0n) is 10.6. The molecule has 2 fully saturated rings. The van der Waals surface area contributed by atoms with Crippen LogP contribution in [0, 0.1) is 0 Å². The summed E-state index contributed by atoms with van der Waals surface area (Å²) in [5.74, 6) is 0.885. The Morgan fingerprint density at radius 1 is 1.11 bits per heavy atom. The standard InChI is InChI=1S/C15H19NO2/c17-15-2-1-9-16(15)14-5-3-12(4-6-14)13-7-10-18-11-8-13/h3-6,13H,1-2,7-11H2. The lowest BCUT2D eigenvalue weighted by Crippen LogP contribution is -2.23. The minimum atomic E-state index is 0.258. The van der Waals surface area contributed by atoms with Crippen molar-refractivity contribution in [3.05, 3.63) is 29.8 Å². The Labute approximate surface area is 108 Å². The highest BCUT2D eigenvalue weighted by atomic mass is 16.5. The van der Waals surface area contributed by atoms with Crippen LogP contribution in [0.4, 0.5) is 5.69 Å². The third kappa shape index (κ3) is 2.27. The first-order chi connectivity index (χ1) is 8.84. The van der Waals surface area contributed by atoms with Crippen molar-refractivity contribution in [2.24, 2.45) is 0 Å². The van der Waals surface area contributed by atoms with Crippen molar-refractivity contribution in [3.63, 3.8) is 0 Å². The van der Waals surface area contributed by atoms with Gasteiger partial charge in [0, 0.05) is 31.9 Å². The van der Waals surface area contributed by atoms with Crippen LogP contribution in [0.1, 0.15) is 37.2 Å². The van der Waals surface area contributed by atoms with Gasteiger partial charge in [0.05, 0.1) is 0 Å². The van der Waals surface area contributed by atoms with E-state index in [0.717, 1.165) is 44.7 Å². The van der Waals surface area contributed by atoms with E-state index in [2.05, 4.69) is 24.3 Å². The van der Waals surface area contributed by atoms with Crippen LogP contribution in [0.2, 0.25) is 0 Å². The van der Waals surface area contributed by atoms with E-state index in [1.807, 2.05) is 4.90 Å². The summed E-state index contributed by atoms with van der Waals surface area (Å²) in [5.41, 5.74) is 2.43. The predicted molar refractivity (Wildman–Crippen MR) is 70.8 cm³/mol. The second kappa shape index (κ2) is 5.11. The van der Waals surface area contributed by atoms with Gasteiger partial charge in [-0.25, -0.2) is 0 Å². The fourth-order valence-electron chi connectivity index (χ4n) is 2.88. The van der Waals surface area contributed by atoms with Gasteiger partial charge in [-0.1, -0.05) is 12.1 Å². The molecule has 3 rings (SSSR count). The van der Waals surface area contributed by atoms with E-state index in [4.69, 9.17) is 4.74 Å². The molecule has 18 heavy (non-hydrogen) atoms. The maximum absolute atomic E-state index is 11.7. The molecule has 0 unspecified atom stereocenters. The number of benzene rings is 1. The van der Waals surface area contributed by atoms with Crippen LogP contribution in [0.25, 0.3) is 0 Å². The number of carbonyl (C=O) groups excluding carboxylic acids is 1. The first kappa shape index (κ1) is 11.7. The molecule has 0 atom stereocenters. The van der Waals surface area contributed by atoms with Crippen molar-refractivity contribution in [2.45, 2.75) is 31.6 Å². The molecule has 3 heteroatoms. The number of nitrogens with zero attached hydrogens (tertiary/aromatic N) is 1. The highest BCUT2D eigenvalue weighted by molar-refractivity contribution is 5.95. The number of amides is 1. The summed E-state index contributed by atoms with van der Waals surface area (Å²) in [5, 5.41) is 0. The first-order valence-electron chi connectivity index (χ1n) is 6.83. The largest absolute Gasteiger partial charge is 0.381 e. The van der Waals surface area contributed by atoms with Crippen LogP contribution in [0.5, 0.6) is 0 Å². The third-order valence-electron chi connectivity index (χ3n) is 3.97. The molecule has 1 amide bonds. The summed E-state index contributed by atoms with van der Waals surface area (Å²) in [6, 6.07) is 8.54. The number of anilines is 1. The summed E-state index contributed by atoms with van der Waals surface area (Å²) in [6.45, 7) is 2.61. The smallest absolute Gasteiger partial charge is 0.227 e. The highest BCUT2D eigenvalue weighted by Gasteiger charge is 2.22. The van der Waals surface area contributed by atoms with Crippen LogP contribution in [0.3, 0.4) is 0 Å². The van der Waals surface area contributed by atoms with Gasteiger partial charge in [0.1, 0.15) is 0 Å². The van der Waals surface area contributed by atoms with Crippen molar-refractivity contribution >= 4 is 11.6 Å². The second-order valence-electron chi connectivity index (χ2n) is 5.13. The minimum absolute atomic E-state index is 0.258. The molecule has 96 valence electrons. The lowest BCUT2D eigenvalue weighted by atomic mass is 9.92. The predicted octanol–water partition coefficient (Wildman–Crippen LogP) is 2.71. The Morgan fingerprint density at radius 3 is 2.44 bits per heavy atom. The maximum atomic E-state index is 11.7. The third-order valence-corrected chi connectivity index (χ3v) is 3.97. The van der Waals surface area contributed by atoms with Gasteiger partial charge >= 0.3 is 0 Å². The number of carbonyl (C=O) groups is 1. The fourth-order valence-corrected chi connectivity index (χ4v) is 2.88. The van der Waals surface area contributed by atoms with Crippen molar-refractivity contribution in [1.29, 1.82) is 0 Å². The van der Waals surface area contributed by atoms with E-state index in [1.165, 1.54) is 5.56 Å². The van der Waals surface area contributed by atoms with Crippen LogP contribution in [-0.2, 0) is 9.53 Å². The normalized spacial score (nSPS) is 21.6. The van der Waals surface area contributed by atoms with Crippen LogP contribution in [0.15, 0.2) is 24.3 Å². The number of rotatable bonds is 2. The van der Waals surface area contributed by atoms with E-state index >= 15 is 0 Å². The molecule has 2 aliphatic heterocycles. The van der Waals surface area contributed by atoms with Gasteiger partial charge in [0.15, 0.2) is 0 Å². The van der Waals surface area contributed by atoms with E-state index in [-0.39, 0.29) is 5.91 Å². The monoisotopic (exact) mass is 245 g/mol. The first-order valence-corrected chi connectivity index (χ1v) is 6.83. The van der Waals surface area contributed by atoms with Crippen molar-refractivity contribution in [1.82, 2.24) is 0 Å². The van der Waals surface area contributed by atoms with Crippen molar-refractivity contribution in [3.8, 4) is 0 Å². The number of hydrogen-bond acceptors (Lipinski definition) is 2. The van der Waals surface area contributed by atoms with Crippen molar-refractivity contribution < 1.29 is 9.53 Å². The molecular formula is C15H19NO2. The van der Waals surface area contributed by atoms with E-state index in [0.29, 0.717) is 12.3 Å². The van der Waals surface area contributed by atoms with E-state index in [9.17, 15) is 4.79 Å². The van der Waals surface area contributed by atoms with Gasteiger partial charge in [0.2, 0.25) is 5.91 Å². The molecule has 0 aromatic heterocycles. The molecule has 0 N–H and O–H groups in total. The molecule has 2 heterocycles. The molecule has 2 saturated heterocycles. The summed E-state index contributed by atoms with van der Waals surface area (Å²) < 4.78 is 5.39. The number of ether oxygens (including phenoxy) is 1. The molecule has 0 bridgehead atoms. The topological polar surface area (TPSA) is 29.5 Å². The van der Waals surface area contributed by atoms with Gasteiger partial charge in [0.25, 0.3) is 0 Å². The quantitative estimate of drug-likeness (QED) is 0.801. The Hall–Kier alpha value is -1.35. The summed E-state index contributed by atoms with van der Waals surface area (Å²) >= 11 is 0. The zero-order valence-corrected chi connectivity index (χ0v) is 10.6. The summed E-state index contributed by atoms with van der Waals surface area (Å²) in [6.07, 6.45) is 3.91. The van der Waals surface area contributed by atoms with Gasteiger partial charge < -0.3 is 9.64 Å². The highest BCUT2D eigenvalue weighted by Crippen LogP contribution is 2.29. The average Bonchev–Trinajstić information content (AvgIpc) is 2.86. The summed E-state index contributed by atoms with van der Waals surface area (Å²) in [4.78, 5) is 13.6. The Morgan fingerprint density at radius 2 is 1.83 bits per heavy atom. The SMILES string of the molecule is O=C1CCCN1c1ccc(C2CCOCC2)cc1. The Bertz CT molecular complexity index is 421. The molecule has 0 radical (unpaired) electrons. The van der Waals surface area contributed by atoms with Gasteiger partial charge in [-0.05, 0) is 42.9 Å². The minimum Gasteiger partial charge on any atom is -0.381 e. The second-order valence-corrected chi connectivity index (χ2v) is 5.13. The van der Waals surface area contributed by atoms with Crippen LogP contribution >= 0.6 is 0 Å². The Balaban J connectivity index is 1.74. The molecule has 1 aromatic rings. The van der Waals surface area contributed by atoms with E-state index in [1.54, 1.807) is 0 Å². The van der Waals surface area contributed by atoms with Crippen LogP contribution in [-0.4, -0.2) is 25.7 Å².